The molecule has 0 spiro atoms. The van der Waals surface area contributed by atoms with Gasteiger partial charge in [0.25, 0.3) is 0 Å². The molecule has 2 aromatic rings. The van der Waals surface area contributed by atoms with Gasteiger partial charge < -0.3 is 4.98 Å². The van der Waals surface area contributed by atoms with Crippen LogP contribution in [0.3, 0.4) is 0 Å². The van der Waals surface area contributed by atoms with Crippen molar-refractivity contribution in [3.05, 3.63) is 16.8 Å². The second-order valence-corrected chi connectivity index (χ2v) is 4.76. The predicted molar refractivity (Wildman–Crippen MR) is 62.5 cm³/mol. The number of thiazole rings is 1. The zero-order valence-corrected chi connectivity index (χ0v) is 10.9. The molecule has 2 heterocycles. The molecule has 0 radical (unpaired) electrons. The van der Waals surface area contributed by atoms with Gasteiger partial charge in [0.2, 0.25) is 10.9 Å². The smallest absolute Gasteiger partial charge is 0.345 e. The minimum absolute atomic E-state index is 0.0518. The maximum absolute atomic E-state index is 12.5. The van der Waals surface area contributed by atoms with Crippen LogP contribution in [0, 0.1) is 0 Å². The van der Waals surface area contributed by atoms with E-state index in [0.29, 0.717) is 21.6 Å². The number of carbonyl (C=O) groups excluding carboxylic acids is 1. The van der Waals surface area contributed by atoms with Gasteiger partial charge in [0.15, 0.2) is 0 Å². The number of carbonyl (C=O) groups is 1. The largest absolute Gasteiger partial charge is 0.443 e. The third-order valence-corrected chi connectivity index (χ3v) is 3.69. The number of aromatic amines is 1. The second kappa shape index (κ2) is 4.82. The number of hydrogen-bond acceptors (Lipinski definition) is 4. The Kier molecular flexibility index (Phi) is 3.50. The third kappa shape index (κ3) is 2.71. The van der Waals surface area contributed by atoms with Crippen LogP contribution in [0.2, 0.25) is 0 Å². The first-order valence-corrected chi connectivity index (χ1v) is 5.99. The fourth-order valence-electron chi connectivity index (χ4n) is 1.49. The monoisotopic (exact) mass is 293 g/mol. The van der Waals surface area contributed by atoms with Crippen LogP contribution in [0.1, 0.15) is 10.6 Å². The number of amides is 1. The van der Waals surface area contributed by atoms with Crippen molar-refractivity contribution < 1.29 is 22.8 Å². The summed E-state index contributed by atoms with van der Waals surface area (Å²) in [5.41, 5.74) is 0.608. The molecule has 2 rings (SSSR count). The molecule has 0 fully saturated rings. The first-order valence-electron chi connectivity index (χ1n) is 5.17. The molecule has 104 valence electrons. The summed E-state index contributed by atoms with van der Waals surface area (Å²) in [5, 5.41) is 0.0907. The number of halogens is 3. The lowest BCUT2D eigenvalue weighted by molar-refractivity contribution is -0.167. The molecule has 0 aliphatic rings. The lowest BCUT2D eigenvalue weighted by Crippen LogP contribution is -2.26. The second-order valence-electron chi connectivity index (χ2n) is 3.76. The van der Waals surface area contributed by atoms with Crippen molar-refractivity contribution in [2.24, 2.45) is 0 Å². The molecule has 1 N–H and O–H groups in total. The quantitative estimate of drug-likeness (QED) is 0.883. The van der Waals surface area contributed by atoms with Crippen LogP contribution in [0.4, 0.5) is 13.2 Å². The van der Waals surface area contributed by atoms with Crippen molar-refractivity contribution in [1.82, 2.24) is 15.0 Å². The molecule has 0 aliphatic carbocycles. The molecular weight excluding hydrogens is 283 g/mol. The maximum atomic E-state index is 12.5. The van der Waals surface area contributed by atoms with Crippen LogP contribution < -0.4 is 0 Å². The van der Waals surface area contributed by atoms with Crippen molar-refractivity contribution in [1.29, 1.82) is 0 Å². The Labute approximate surface area is 109 Å². The summed E-state index contributed by atoms with van der Waals surface area (Å²) < 4.78 is 37.9. The molecule has 0 aromatic carbocycles. The van der Waals surface area contributed by atoms with Crippen LogP contribution in [-0.2, 0) is 22.2 Å². The third-order valence-electron chi connectivity index (χ3n) is 2.51. The number of rotatable bonds is 3. The van der Waals surface area contributed by atoms with Gasteiger partial charge in [-0.1, -0.05) is 0 Å². The highest BCUT2D eigenvalue weighted by Gasteiger charge is 2.35. The van der Waals surface area contributed by atoms with Gasteiger partial charge in [-0.05, 0) is 5.56 Å². The summed E-state index contributed by atoms with van der Waals surface area (Å²) in [5.74, 6) is -0.356. The Morgan fingerprint density at radius 1 is 1.58 bits per heavy atom. The van der Waals surface area contributed by atoms with Gasteiger partial charge in [0, 0.05) is 13.2 Å². The van der Waals surface area contributed by atoms with Gasteiger partial charge in [-0.15, -0.1) is 11.3 Å². The van der Waals surface area contributed by atoms with Gasteiger partial charge >= 0.3 is 6.18 Å². The van der Waals surface area contributed by atoms with E-state index in [2.05, 4.69) is 9.97 Å². The predicted octanol–water partition coefficient (Wildman–Crippen LogP) is 2.21. The van der Waals surface area contributed by atoms with Gasteiger partial charge in [-0.2, -0.15) is 13.2 Å². The standard InChI is InChI=1S/C10H10F3N3O2S/c1-16(18-2)6(17)3-5-4-14-8-7(5)19-9(15-8)10(11,12)13/h4,14H,3H2,1-2H3. The Bertz CT molecular complexity index is 605. The number of nitrogens with zero attached hydrogens (tertiary/aromatic N) is 2. The molecule has 1 amide bonds. The summed E-state index contributed by atoms with van der Waals surface area (Å²) in [6.45, 7) is 0. The van der Waals surface area contributed by atoms with E-state index in [1.54, 1.807) is 0 Å². The number of nitrogens with one attached hydrogen (secondary N) is 1. The number of hydroxylamine groups is 2. The lowest BCUT2D eigenvalue weighted by atomic mass is 10.2. The van der Waals surface area contributed by atoms with Crippen LogP contribution >= 0.6 is 11.3 Å². The summed E-state index contributed by atoms with van der Waals surface area (Å²) in [6.07, 6.45) is -3.05. The molecule has 0 unspecified atom stereocenters. The van der Waals surface area contributed by atoms with E-state index in [9.17, 15) is 18.0 Å². The van der Waals surface area contributed by atoms with Crippen LogP contribution in [-0.4, -0.2) is 35.1 Å². The van der Waals surface area contributed by atoms with Crippen LogP contribution in [0.15, 0.2) is 6.20 Å². The van der Waals surface area contributed by atoms with Crippen molar-refractivity contribution in [3.8, 4) is 0 Å². The molecule has 0 saturated carbocycles. The number of likely N-dealkylation sites (N-methyl/N-ethyl adjacent to an activating group) is 1. The van der Waals surface area contributed by atoms with Crippen molar-refractivity contribution in [2.75, 3.05) is 14.2 Å². The lowest BCUT2D eigenvalue weighted by Gasteiger charge is -2.12. The van der Waals surface area contributed by atoms with E-state index < -0.39 is 11.2 Å². The SMILES string of the molecule is CON(C)C(=O)Cc1c[nH]c2nc(C(F)(F)F)sc12. The summed E-state index contributed by atoms with van der Waals surface area (Å²) in [6, 6.07) is 0. The van der Waals surface area contributed by atoms with Crippen LogP contribution in [0.25, 0.3) is 10.3 Å². The Hall–Kier alpha value is -1.61. The van der Waals surface area contributed by atoms with E-state index in [1.165, 1.54) is 20.4 Å². The number of fused-ring (bicyclic) bond motifs is 1. The highest BCUT2D eigenvalue weighted by Crippen LogP contribution is 2.36. The van der Waals surface area contributed by atoms with Crippen molar-refractivity contribution in [3.63, 3.8) is 0 Å². The fraction of sp³-hybridized carbons (Fsp3) is 0.400. The van der Waals surface area contributed by atoms with Gasteiger partial charge in [-0.25, -0.2) is 10.0 Å². The summed E-state index contributed by atoms with van der Waals surface area (Å²) in [4.78, 5) is 22.4. The van der Waals surface area contributed by atoms with Crippen molar-refractivity contribution >= 4 is 27.6 Å². The number of H-pyrrole nitrogens is 1. The van der Waals surface area contributed by atoms with Gasteiger partial charge in [0.05, 0.1) is 18.2 Å². The summed E-state index contributed by atoms with van der Waals surface area (Å²) in [7, 11) is 2.76. The minimum Gasteiger partial charge on any atom is -0.345 e. The normalized spacial score (nSPS) is 12.1. The number of aromatic nitrogens is 2. The zero-order chi connectivity index (χ0) is 14.2. The summed E-state index contributed by atoms with van der Waals surface area (Å²) >= 11 is 0.520. The topological polar surface area (TPSA) is 58.2 Å². The number of hydrogen-bond donors (Lipinski definition) is 1. The van der Waals surface area contributed by atoms with E-state index in [0.717, 1.165) is 5.06 Å². The molecule has 0 bridgehead atoms. The van der Waals surface area contributed by atoms with E-state index >= 15 is 0 Å². The highest BCUT2D eigenvalue weighted by atomic mass is 32.1. The molecule has 19 heavy (non-hydrogen) atoms. The molecule has 5 nitrogen and oxygen atoms in total. The Balaban J connectivity index is 2.30. The molecule has 2 aromatic heterocycles. The van der Waals surface area contributed by atoms with Crippen LogP contribution in [0.5, 0.6) is 0 Å². The van der Waals surface area contributed by atoms with E-state index in [4.69, 9.17) is 4.84 Å². The zero-order valence-electron chi connectivity index (χ0n) is 10.0. The minimum atomic E-state index is -4.48. The average Bonchev–Trinajstić information content (AvgIpc) is 2.89. The van der Waals surface area contributed by atoms with Gasteiger partial charge in [-0.3, -0.25) is 9.63 Å². The van der Waals surface area contributed by atoms with E-state index in [-0.39, 0.29) is 18.0 Å². The number of alkyl halides is 3. The van der Waals surface area contributed by atoms with E-state index in [1.807, 2.05) is 0 Å². The first kappa shape index (κ1) is 13.8. The fourth-order valence-corrected chi connectivity index (χ4v) is 2.39. The van der Waals surface area contributed by atoms with Crippen molar-refractivity contribution in [2.45, 2.75) is 12.6 Å². The molecule has 0 atom stereocenters. The first-order chi connectivity index (χ1) is 8.82. The highest BCUT2D eigenvalue weighted by molar-refractivity contribution is 7.18. The Morgan fingerprint density at radius 2 is 2.26 bits per heavy atom. The van der Waals surface area contributed by atoms with Gasteiger partial charge in [0.1, 0.15) is 5.65 Å². The average molecular weight is 293 g/mol. The molecule has 9 heteroatoms. The maximum Gasteiger partial charge on any atom is 0.443 e. The molecule has 0 aliphatic heterocycles. The Morgan fingerprint density at radius 3 is 2.84 bits per heavy atom. The molecule has 0 saturated heterocycles. The molecular formula is C10H10F3N3O2S.